The van der Waals surface area contributed by atoms with Crippen LogP contribution in [0.5, 0.6) is 0 Å². The molecule has 0 radical (unpaired) electrons. The summed E-state index contributed by atoms with van der Waals surface area (Å²) in [6.07, 6.45) is 0.0314. The molecule has 0 N–H and O–H groups in total. The molecule has 1 amide bonds. The summed E-state index contributed by atoms with van der Waals surface area (Å²) >= 11 is 0. The van der Waals surface area contributed by atoms with E-state index in [1.807, 2.05) is 0 Å². The normalized spacial score (nSPS) is 17.7. The molecular formula is C11H9F2N5O3. The molecule has 21 heavy (non-hydrogen) atoms. The van der Waals surface area contributed by atoms with Gasteiger partial charge in [0.05, 0.1) is 10.6 Å². The van der Waals surface area contributed by atoms with E-state index < -0.39 is 28.2 Å². The first-order chi connectivity index (χ1) is 9.93. The highest BCUT2D eigenvalue weighted by atomic mass is 19.1. The van der Waals surface area contributed by atoms with Crippen LogP contribution in [0.1, 0.15) is 6.42 Å². The van der Waals surface area contributed by atoms with Gasteiger partial charge in [-0.15, -0.1) is 0 Å². The standard InChI is InChI=1S/C11H9F2N5O3/c12-7-2-8(13)10(18(20)21)3-9(7)17-5-6(1-11(17)19)4-15-16-14/h2-3,6H,1,4-5H2. The summed E-state index contributed by atoms with van der Waals surface area (Å²) in [5, 5.41) is 14.0. The molecule has 1 aromatic rings. The van der Waals surface area contributed by atoms with Crippen LogP contribution >= 0.6 is 0 Å². The number of anilines is 1. The first-order valence-corrected chi connectivity index (χ1v) is 5.88. The van der Waals surface area contributed by atoms with Gasteiger partial charge in [-0.25, -0.2) is 4.39 Å². The number of azide groups is 1. The number of carbonyl (C=O) groups excluding carboxylic acids is 1. The number of carbonyl (C=O) groups is 1. The number of amides is 1. The first kappa shape index (κ1) is 14.7. The Kier molecular flexibility index (Phi) is 3.99. The first-order valence-electron chi connectivity index (χ1n) is 5.88. The third-order valence-corrected chi connectivity index (χ3v) is 3.11. The summed E-state index contributed by atoms with van der Waals surface area (Å²) in [6.45, 7) is 0.112. The average Bonchev–Trinajstić information content (AvgIpc) is 2.77. The molecule has 10 heteroatoms. The van der Waals surface area contributed by atoms with E-state index in [4.69, 9.17) is 5.53 Å². The van der Waals surface area contributed by atoms with Gasteiger partial charge in [-0.1, -0.05) is 5.11 Å². The van der Waals surface area contributed by atoms with Gasteiger partial charge in [0.1, 0.15) is 5.82 Å². The topological polar surface area (TPSA) is 112 Å². The highest BCUT2D eigenvalue weighted by Crippen LogP contribution is 2.32. The van der Waals surface area contributed by atoms with Crippen LogP contribution < -0.4 is 4.90 Å². The Morgan fingerprint density at radius 3 is 2.81 bits per heavy atom. The van der Waals surface area contributed by atoms with Crippen molar-refractivity contribution >= 4 is 17.3 Å². The van der Waals surface area contributed by atoms with Gasteiger partial charge in [-0.2, -0.15) is 4.39 Å². The summed E-state index contributed by atoms with van der Waals surface area (Å²) in [4.78, 5) is 25.1. The monoisotopic (exact) mass is 297 g/mol. The highest BCUT2D eigenvalue weighted by molar-refractivity contribution is 5.96. The molecule has 8 nitrogen and oxygen atoms in total. The van der Waals surface area contributed by atoms with Crippen LogP contribution in [-0.2, 0) is 4.79 Å². The fourth-order valence-electron chi connectivity index (χ4n) is 2.16. The van der Waals surface area contributed by atoms with E-state index >= 15 is 0 Å². The molecule has 0 saturated carbocycles. The lowest BCUT2D eigenvalue weighted by Gasteiger charge is -2.17. The quantitative estimate of drug-likeness (QED) is 0.280. The van der Waals surface area contributed by atoms with Gasteiger partial charge in [0, 0.05) is 36.6 Å². The molecule has 0 aromatic heterocycles. The molecule has 110 valence electrons. The van der Waals surface area contributed by atoms with E-state index in [-0.39, 0.29) is 31.1 Å². The minimum Gasteiger partial charge on any atom is -0.309 e. The minimum absolute atomic E-state index is 0.0314. The number of hydrogen-bond acceptors (Lipinski definition) is 4. The second kappa shape index (κ2) is 5.71. The van der Waals surface area contributed by atoms with E-state index in [1.54, 1.807) is 0 Å². The molecule has 1 fully saturated rings. The number of nitro groups is 1. The largest absolute Gasteiger partial charge is 0.309 e. The van der Waals surface area contributed by atoms with E-state index in [2.05, 4.69) is 10.0 Å². The molecule has 1 atom stereocenters. The predicted octanol–water partition coefficient (Wildman–Crippen LogP) is 2.54. The maximum absolute atomic E-state index is 13.8. The second-order valence-electron chi connectivity index (χ2n) is 4.50. The lowest BCUT2D eigenvalue weighted by molar-refractivity contribution is -0.387. The van der Waals surface area contributed by atoms with Crippen LogP contribution in [0, 0.1) is 27.7 Å². The van der Waals surface area contributed by atoms with Gasteiger partial charge in [0.25, 0.3) is 0 Å². The number of nitrogens with zero attached hydrogens (tertiary/aromatic N) is 5. The Morgan fingerprint density at radius 2 is 2.19 bits per heavy atom. The molecule has 0 aliphatic carbocycles. The molecule has 1 aliphatic rings. The van der Waals surface area contributed by atoms with Crippen LogP contribution in [0.2, 0.25) is 0 Å². The molecular weight excluding hydrogens is 288 g/mol. The number of nitro benzene ring substituents is 1. The molecule has 1 aliphatic heterocycles. The second-order valence-corrected chi connectivity index (χ2v) is 4.50. The van der Waals surface area contributed by atoms with Crippen molar-refractivity contribution in [2.75, 3.05) is 18.0 Å². The van der Waals surface area contributed by atoms with Gasteiger partial charge in [-0.05, 0) is 11.4 Å². The van der Waals surface area contributed by atoms with E-state index in [1.165, 1.54) is 0 Å². The fourth-order valence-corrected chi connectivity index (χ4v) is 2.16. The zero-order valence-electron chi connectivity index (χ0n) is 10.6. The minimum atomic E-state index is -1.31. The third-order valence-electron chi connectivity index (χ3n) is 3.11. The van der Waals surface area contributed by atoms with Crippen LogP contribution in [0.25, 0.3) is 10.4 Å². The predicted molar refractivity (Wildman–Crippen MR) is 67.5 cm³/mol. The van der Waals surface area contributed by atoms with Crippen molar-refractivity contribution in [3.63, 3.8) is 0 Å². The van der Waals surface area contributed by atoms with Crippen LogP contribution in [0.15, 0.2) is 17.2 Å². The number of hydrogen-bond donors (Lipinski definition) is 0. The smallest absolute Gasteiger partial charge is 0.307 e. The van der Waals surface area contributed by atoms with Crippen molar-refractivity contribution in [1.29, 1.82) is 0 Å². The zero-order chi connectivity index (χ0) is 15.6. The molecule has 1 heterocycles. The lowest BCUT2D eigenvalue weighted by Crippen LogP contribution is -2.26. The van der Waals surface area contributed by atoms with Crippen molar-refractivity contribution in [1.82, 2.24) is 0 Å². The van der Waals surface area contributed by atoms with Crippen molar-refractivity contribution in [3.8, 4) is 0 Å². The lowest BCUT2D eigenvalue weighted by atomic mass is 10.1. The summed E-state index contributed by atoms with van der Waals surface area (Å²) in [5.74, 6) is -3.14. The van der Waals surface area contributed by atoms with Gasteiger partial charge in [0.2, 0.25) is 11.7 Å². The van der Waals surface area contributed by atoms with E-state index in [0.29, 0.717) is 12.1 Å². The van der Waals surface area contributed by atoms with Crippen LogP contribution in [-0.4, -0.2) is 23.9 Å². The van der Waals surface area contributed by atoms with Gasteiger partial charge in [0.15, 0.2) is 0 Å². The molecule has 0 spiro atoms. The zero-order valence-corrected chi connectivity index (χ0v) is 10.6. The van der Waals surface area contributed by atoms with Crippen LogP contribution in [0.3, 0.4) is 0 Å². The number of rotatable bonds is 4. The molecule has 2 rings (SSSR count). The van der Waals surface area contributed by atoms with Crippen molar-refractivity contribution in [3.05, 3.63) is 44.3 Å². The van der Waals surface area contributed by atoms with E-state index in [0.717, 1.165) is 4.90 Å². The Labute approximate surface area is 116 Å². The average molecular weight is 297 g/mol. The van der Waals surface area contributed by atoms with Crippen molar-refractivity contribution in [2.24, 2.45) is 11.0 Å². The Balaban J connectivity index is 2.33. The Hall–Kier alpha value is -2.74. The Morgan fingerprint density at radius 1 is 1.48 bits per heavy atom. The van der Waals surface area contributed by atoms with Gasteiger partial charge >= 0.3 is 5.69 Å². The fraction of sp³-hybridized carbons (Fsp3) is 0.364. The van der Waals surface area contributed by atoms with Gasteiger partial charge in [-0.3, -0.25) is 14.9 Å². The summed E-state index contributed by atoms with van der Waals surface area (Å²) in [7, 11) is 0. The Bertz CT molecular complexity index is 660. The van der Waals surface area contributed by atoms with Crippen molar-refractivity contribution < 1.29 is 18.5 Å². The number of benzene rings is 1. The summed E-state index contributed by atoms with van der Waals surface area (Å²) < 4.78 is 27.0. The van der Waals surface area contributed by atoms with E-state index in [9.17, 15) is 23.7 Å². The van der Waals surface area contributed by atoms with Crippen LogP contribution in [0.4, 0.5) is 20.2 Å². The highest BCUT2D eigenvalue weighted by Gasteiger charge is 2.33. The molecule has 1 aromatic carbocycles. The molecule has 1 saturated heterocycles. The number of halogens is 2. The summed E-state index contributed by atoms with van der Waals surface area (Å²) in [5.41, 5.74) is 6.98. The third kappa shape index (κ3) is 2.90. The molecule has 0 bridgehead atoms. The SMILES string of the molecule is [N-]=[N+]=NCC1CC(=O)N(c2cc([N+](=O)[O-])c(F)cc2F)C1. The van der Waals surface area contributed by atoms with Gasteiger partial charge < -0.3 is 4.90 Å². The maximum atomic E-state index is 13.8. The molecule has 1 unspecified atom stereocenters. The van der Waals surface area contributed by atoms with Crippen molar-refractivity contribution in [2.45, 2.75) is 6.42 Å². The maximum Gasteiger partial charge on any atom is 0.307 e. The summed E-state index contributed by atoms with van der Waals surface area (Å²) in [6, 6.07) is 1.07.